The maximum Gasteiger partial charge on any atom is 0.412 e. The van der Waals surface area contributed by atoms with E-state index in [0.29, 0.717) is 29.5 Å². The minimum atomic E-state index is -0.892. The molecule has 0 spiro atoms. The molecule has 3 aromatic carbocycles. The number of anilines is 1. The van der Waals surface area contributed by atoms with Crippen molar-refractivity contribution in [3.63, 3.8) is 0 Å². The van der Waals surface area contributed by atoms with Crippen LogP contribution in [-0.4, -0.2) is 113 Å². The van der Waals surface area contributed by atoms with Crippen molar-refractivity contribution >= 4 is 50.6 Å². The number of nitrogens with zero attached hydrogens (tertiary/aromatic N) is 6. The molecular weight excluding hydrogens is 683 g/mol. The molecule has 2 aliphatic rings. The second-order valence-corrected chi connectivity index (χ2v) is 13.9. The molecular formula is C37H41N9O5S. The molecule has 14 nitrogen and oxygen atoms in total. The fraction of sp³-hybridized carbons (Fsp3) is 0.324. The fourth-order valence-electron chi connectivity index (χ4n) is 6.42. The number of likely N-dealkylation sites (N-methyl/N-ethyl adjacent to an activating group) is 1. The molecule has 52 heavy (non-hydrogen) atoms. The fourth-order valence-corrected chi connectivity index (χ4v) is 7.20. The van der Waals surface area contributed by atoms with Crippen molar-refractivity contribution in [1.82, 2.24) is 40.3 Å². The van der Waals surface area contributed by atoms with Gasteiger partial charge in [-0.2, -0.15) is 5.01 Å². The Morgan fingerprint density at radius 3 is 2.54 bits per heavy atom. The number of nitrogens with two attached hydrogens (primary N) is 1. The molecule has 0 bridgehead atoms. The van der Waals surface area contributed by atoms with E-state index >= 15 is 0 Å². The maximum atomic E-state index is 14.4. The SMILES string of the molecule is C#CCN(C(=O)NCc1ccccc1)N1CC(=O)N2[C@@H](Cc3ccc(OC(=O)NCCN(C)C)cc3)C(=O)N(Cc3cccc4sc(N)nc34)C[C@@H]21. The topological polar surface area (TPSA) is 157 Å². The van der Waals surface area contributed by atoms with E-state index in [1.807, 2.05) is 67.5 Å². The minimum absolute atomic E-state index is 0.0849. The van der Waals surface area contributed by atoms with Gasteiger partial charge in [-0.15, -0.1) is 6.42 Å². The first-order valence-corrected chi connectivity index (χ1v) is 17.7. The van der Waals surface area contributed by atoms with Gasteiger partial charge in [0.15, 0.2) is 5.13 Å². The zero-order chi connectivity index (χ0) is 36.8. The summed E-state index contributed by atoms with van der Waals surface area (Å²) in [6.45, 7) is 1.48. The standard InChI is InChI=1S/C37H41N9O5S/c1-4-18-44(36(49)40-21-26-9-6-5-7-10-26)45-24-32(47)46-29(20-25-13-15-28(16-14-25)51-37(50)39-17-19-42(2)3)34(48)43(23-31(45)46)22-27-11-8-12-30-33(27)41-35(38)52-30/h1,5-16,29,31H,17-24H2,2-3H3,(H2,38,41)(H,39,50)(H,40,49)/t29-,31+/m0/s1. The van der Waals surface area contributed by atoms with Crippen molar-refractivity contribution in [3.05, 3.63) is 89.5 Å². The van der Waals surface area contributed by atoms with Gasteiger partial charge in [0.2, 0.25) is 11.8 Å². The Morgan fingerprint density at radius 2 is 1.81 bits per heavy atom. The second kappa shape index (κ2) is 16.1. The minimum Gasteiger partial charge on any atom is -0.410 e. The van der Waals surface area contributed by atoms with Crippen LogP contribution in [0.5, 0.6) is 5.75 Å². The van der Waals surface area contributed by atoms with Crippen molar-refractivity contribution < 1.29 is 23.9 Å². The molecule has 5 amide bonds. The third kappa shape index (κ3) is 8.26. The van der Waals surface area contributed by atoms with E-state index < -0.39 is 24.3 Å². The lowest BCUT2D eigenvalue weighted by Crippen LogP contribution is -2.66. The molecule has 3 heterocycles. The highest BCUT2D eigenvalue weighted by Crippen LogP contribution is 2.32. The molecule has 0 unspecified atom stereocenters. The van der Waals surface area contributed by atoms with Gasteiger partial charge in [-0.1, -0.05) is 71.9 Å². The van der Waals surface area contributed by atoms with Crippen LogP contribution in [-0.2, 0) is 29.1 Å². The molecule has 1 aromatic heterocycles. The number of thiazole rings is 1. The molecule has 2 fully saturated rings. The van der Waals surface area contributed by atoms with Gasteiger partial charge in [0.1, 0.15) is 18.0 Å². The van der Waals surface area contributed by atoms with Gasteiger partial charge in [0.05, 0.1) is 29.9 Å². The second-order valence-electron chi connectivity index (χ2n) is 12.8. The number of piperazine rings is 1. The van der Waals surface area contributed by atoms with E-state index in [0.717, 1.165) is 21.4 Å². The summed E-state index contributed by atoms with van der Waals surface area (Å²) in [6, 6.07) is 20.7. The van der Waals surface area contributed by atoms with Crippen LogP contribution in [0.25, 0.3) is 10.2 Å². The average Bonchev–Trinajstić information content (AvgIpc) is 3.67. The van der Waals surface area contributed by atoms with Crippen LogP contribution >= 0.6 is 11.3 Å². The number of carbonyl (C=O) groups excluding carboxylic acids is 4. The van der Waals surface area contributed by atoms with Gasteiger partial charge >= 0.3 is 12.1 Å². The van der Waals surface area contributed by atoms with E-state index in [9.17, 15) is 19.2 Å². The molecule has 2 saturated heterocycles. The highest BCUT2D eigenvalue weighted by atomic mass is 32.1. The normalized spacial score (nSPS) is 17.3. The summed E-state index contributed by atoms with van der Waals surface area (Å²) in [6.07, 6.45) is 4.68. The first-order chi connectivity index (χ1) is 25.1. The zero-order valence-corrected chi connectivity index (χ0v) is 29.8. The molecule has 2 atom stereocenters. The zero-order valence-electron chi connectivity index (χ0n) is 29.0. The molecule has 0 radical (unpaired) electrons. The lowest BCUT2D eigenvalue weighted by atomic mass is 9.99. The summed E-state index contributed by atoms with van der Waals surface area (Å²) >= 11 is 1.37. The van der Waals surface area contributed by atoms with Crippen LogP contribution in [0, 0.1) is 12.3 Å². The lowest BCUT2D eigenvalue weighted by Gasteiger charge is -2.46. The van der Waals surface area contributed by atoms with E-state index in [-0.39, 0.29) is 51.0 Å². The summed E-state index contributed by atoms with van der Waals surface area (Å²) in [5, 5.41) is 9.07. The highest BCUT2D eigenvalue weighted by molar-refractivity contribution is 7.22. The van der Waals surface area contributed by atoms with Crippen molar-refractivity contribution in [2.45, 2.75) is 31.7 Å². The summed E-state index contributed by atoms with van der Waals surface area (Å²) < 4.78 is 6.32. The smallest absolute Gasteiger partial charge is 0.410 e. The molecule has 270 valence electrons. The van der Waals surface area contributed by atoms with Crippen molar-refractivity contribution in [3.8, 4) is 18.1 Å². The Morgan fingerprint density at radius 1 is 1.04 bits per heavy atom. The average molecular weight is 724 g/mol. The number of hydrogen-bond donors (Lipinski definition) is 3. The molecule has 6 rings (SSSR count). The third-order valence-corrected chi connectivity index (χ3v) is 9.76. The number of ether oxygens (including phenoxy) is 1. The monoisotopic (exact) mass is 723 g/mol. The largest absolute Gasteiger partial charge is 0.412 e. The Balaban J connectivity index is 1.25. The van der Waals surface area contributed by atoms with Crippen molar-refractivity contribution in [2.75, 3.05) is 52.6 Å². The van der Waals surface area contributed by atoms with Gasteiger partial charge in [0, 0.05) is 32.6 Å². The number of benzene rings is 3. The molecule has 0 saturated carbocycles. The van der Waals surface area contributed by atoms with Gasteiger partial charge in [-0.25, -0.2) is 19.6 Å². The van der Waals surface area contributed by atoms with Crippen LogP contribution in [0.3, 0.4) is 0 Å². The number of aromatic nitrogens is 1. The van der Waals surface area contributed by atoms with Crippen molar-refractivity contribution in [2.24, 2.45) is 0 Å². The highest BCUT2D eigenvalue weighted by Gasteiger charge is 2.52. The first kappa shape index (κ1) is 36.1. The number of carbonyl (C=O) groups is 4. The number of hydrogen-bond acceptors (Lipinski definition) is 10. The van der Waals surface area contributed by atoms with Gasteiger partial charge in [-0.05, 0) is 49.0 Å². The third-order valence-electron chi connectivity index (χ3n) is 8.91. The summed E-state index contributed by atoms with van der Waals surface area (Å²) in [5.74, 6) is 2.35. The maximum absolute atomic E-state index is 14.4. The van der Waals surface area contributed by atoms with Crippen LogP contribution in [0.1, 0.15) is 16.7 Å². The summed E-state index contributed by atoms with van der Waals surface area (Å²) in [4.78, 5) is 63.8. The number of urea groups is 1. The van der Waals surface area contributed by atoms with Crippen LogP contribution in [0.15, 0.2) is 72.8 Å². The molecule has 15 heteroatoms. The number of rotatable bonds is 12. The van der Waals surface area contributed by atoms with Gasteiger partial charge < -0.3 is 35.8 Å². The van der Waals surface area contributed by atoms with Gasteiger partial charge in [0.25, 0.3) is 0 Å². The van der Waals surface area contributed by atoms with Crippen LogP contribution < -0.4 is 21.1 Å². The number of hydrazine groups is 1. The molecule has 4 N–H and O–H groups in total. The predicted molar refractivity (Wildman–Crippen MR) is 198 cm³/mol. The van der Waals surface area contributed by atoms with E-state index in [1.54, 1.807) is 39.1 Å². The van der Waals surface area contributed by atoms with E-state index in [4.69, 9.17) is 16.9 Å². The quantitative estimate of drug-likeness (QED) is 0.187. The summed E-state index contributed by atoms with van der Waals surface area (Å²) in [5.41, 5.74) is 9.22. The summed E-state index contributed by atoms with van der Waals surface area (Å²) in [7, 11) is 3.82. The van der Waals surface area contributed by atoms with Crippen LogP contribution in [0.2, 0.25) is 0 Å². The number of amides is 5. The Labute approximate surface area is 306 Å². The molecule has 2 aliphatic heterocycles. The number of fused-ring (bicyclic) bond motifs is 2. The molecule has 4 aromatic rings. The van der Waals surface area contributed by atoms with E-state index in [2.05, 4.69) is 21.5 Å². The molecule has 0 aliphatic carbocycles. The van der Waals surface area contributed by atoms with E-state index in [1.165, 1.54) is 16.3 Å². The first-order valence-electron chi connectivity index (χ1n) is 16.8. The predicted octanol–water partition coefficient (Wildman–Crippen LogP) is 2.71. The Hall–Kier alpha value is -5.69. The van der Waals surface area contributed by atoms with Crippen LogP contribution in [0.4, 0.5) is 14.7 Å². The Kier molecular flexibility index (Phi) is 11.2. The number of nitrogen functional groups attached to an aromatic ring is 1. The number of terminal acetylenes is 1. The lowest BCUT2D eigenvalue weighted by molar-refractivity contribution is -0.157. The number of para-hydroxylation sites is 1. The Bertz CT molecular complexity index is 1960. The van der Waals surface area contributed by atoms with Gasteiger partial charge in [-0.3, -0.25) is 9.59 Å². The van der Waals surface area contributed by atoms with Crippen molar-refractivity contribution in [1.29, 1.82) is 0 Å². The number of nitrogens with one attached hydrogen (secondary N) is 2.